The van der Waals surface area contributed by atoms with Gasteiger partial charge in [-0.1, -0.05) is 30.3 Å². The summed E-state index contributed by atoms with van der Waals surface area (Å²) in [6.07, 6.45) is 2.22. The maximum absolute atomic E-state index is 11.0. The van der Waals surface area contributed by atoms with Crippen LogP contribution in [0.25, 0.3) is 0 Å². The van der Waals surface area contributed by atoms with Crippen LogP contribution < -0.4 is 4.90 Å². The molecule has 2 heteroatoms. The SMILES string of the molecule is C=C1[NH+]2CCC(CC2)[C@]1(O)c1ccccc1. The van der Waals surface area contributed by atoms with E-state index in [1.54, 1.807) is 0 Å². The number of nitrogens with one attached hydrogen (secondary N) is 1. The Bertz CT molecular complexity index is 406. The minimum absolute atomic E-state index is 0.361. The summed E-state index contributed by atoms with van der Waals surface area (Å²) in [6, 6.07) is 10.0. The minimum Gasteiger partial charge on any atom is -0.375 e. The molecule has 4 rings (SSSR count). The summed E-state index contributed by atoms with van der Waals surface area (Å²) in [7, 11) is 0. The van der Waals surface area contributed by atoms with Crippen molar-refractivity contribution in [2.45, 2.75) is 18.4 Å². The van der Waals surface area contributed by atoms with Crippen LogP contribution in [0, 0.1) is 5.92 Å². The van der Waals surface area contributed by atoms with Gasteiger partial charge < -0.3 is 10.0 Å². The monoisotopic (exact) mass is 216 g/mol. The van der Waals surface area contributed by atoms with E-state index in [0.29, 0.717) is 5.92 Å². The highest BCUT2D eigenvalue weighted by molar-refractivity contribution is 5.31. The zero-order chi connectivity index (χ0) is 11.2. The summed E-state index contributed by atoms with van der Waals surface area (Å²) in [4.78, 5) is 1.38. The molecule has 3 aliphatic heterocycles. The molecule has 84 valence electrons. The van der Waals surface area contributed by atoms with Gasteiger partial charge in [-0.15, -0.1) is 0 Å². The zero-order valence-electron chi connectivity index (χ0n) is 9.45. The van der Waals surface area contributed by atoms with Crippen molar-refractivity contribution in [3.63, 3.8) is 0 Å². The van der Waals surface area contributed by atoms with E-state index in [-0.39, 0.29) is 0 Å². The van der Waals surface area contributed by atoms with Crippen molar-refractivity contribution >= 4 is 0 Å². The summed E-state index contributed by atoms with van der Waals surface area (Å²) < 4.78 is 0. The molecule has 0 saturated carbocycles. The van der Waals surface area contributed by atoms with E-state index in [0.717, 1.165) is 37.2 Å². The van der Waals surface area contributed by atoms with Gasteiger partial charge in [-0.2, -0.15) is 0 Å². The molecule has 1 aromatic carbocycles. The van der Waals surface area contributed by atoms with Gasteiger partial charge in [0.15, 0.2) is 5.60 Å². The summed E-state index contributed by atoms with van der Waals surface area (Å²) in [5.41, 5.74) is 1.20. The van der Waals surface area contributed by atoms with Crippen molar-refractivity contribution in [3.8, 4) is 0 Å². The third-order valence-corrected chi connectivity index (χ3v) is 4.28. The lowest BCUT2D eigenvalue weighted by molar-refractivity contribution is -0.886. The fraction of sp³-hybridized carbons (Fsp3) is 0.429. The molecule has 1 atom stereocenters. The zero-order valence-corrected chi connectivity index (χ0v) is 9.45. The first-order valence-electron chi connectivity index (χ1n) is 6.05. The largest absolute Gasteiger partial charge is 0.375 e. The number of hydrogen-bond donors (Lipinski definition) is 2. The van der Waals surface area contributed by atoms with Crippen molar-refractivity contribution in [1.82, 2.24) is 0 Å². The molecule has 2 N–H and O–H groups in total. The Labute approximate surface area is 96.2 Å². The molecule has 0 unspecified atom stereocenters. The summed E-state index contributed by atoms with van der Waals surface area (Å²) in [5.74, 6) is 0.361. The lowest BCUT2D eigenvalue weighted by atomic mass is 9.70. The first-order chi connectivity index (χ1) is 7.73. The molecule has 1 aromatic rings. The van der Waals surface area contributed by atoms with Crippen molar-refractivity contribution in [3.05, 3.63) is 48.2 Å². The molecular weight excluding hydrogens is 198 g/mol. The third-order valence-electron chi connectivity index (χ3n) is 4.28. The normalized spacial score (nSPS) is 37.7. The van der Waals surface area contributed by atoms with E-state index in [1.165, 1.54) is 4.90 Å². The van der Waals surface area contributed by atoms with Gasteiger partial charge in [0.25, 0.3) is 0 Å². The molecule has 3 aliphatic rings. The van der Waals surface area contributed by atoms with Crippen molar-refractivity contribution < 1.29 is 10.0 Å². The highest BCUT2D eigenvalue weighted by Gasteiger charge is 2.53. The van der Waals surface area contributed by atoms with E-state index in [9.17, 15) is 5.11 Å². The number of piperidine rings is 3. The molecule has 0 aliphatic carbocycles. The van der Waals surface area contributed by atoms with Crippen LogP contribution in [-0.4, -0.2) is 18.2 Å². The predicted molar refractivity (Wildman–Crippen MR) is 62.9 cm³/mol. The van der Waals surface area contributed by atoms with Gasteiger partial charge in [-0.3, -0.25) is 0 Å². The first kappa shape index (κ1) is 10.1. The molecular formula is C14H18NO+. The Hall–Kier alpha value is -1.12. The third kappa shape index (κ3) is 1.20. The smallest absolute Gasteiger partial charge is 0.166 e. The Morgan fingerprint density at radius 3 is 2.38 bits per heavy atom. The van der Waals surface area contributed by atoms with E-state index in [1.807, 2.05) is 30.3 Å². The Kier molecular flexibility index (Phi) is 2.16. The van der Waals surface area contributed by atoms with Crippen LogP contribution in [0.1, 0.15) is 18.4 Å². The Morgan fingerprint density at radius 1 is 1.19 bits per heavy atom. The number of rotatable bonds is 1. The molecule has 3 heterocycles. The molecule has 16 heavy (non-hydrogen) atoms. The second kappa shape index (κ2) is 3.44. The predicted octanol–water partition coefficient (Wildman–Crippen LogP) is 0.696. The van der Waals surface area contributed by atoms with Crippen LogP contribution in [0.15, 0.2) is 42.6 Å². The van der Waals surface area contributed by atoms with E-state index in [4.69, 9.17) is 0 Å². The fourth-order valence-electron chi connectivity index (χ4n) is 3.30. The second-order valence-electron chi connectivity index (χ2n) is 4.99. The highest BCUT2D eigenvalue weighted by atomic mass is 16.3. The number of aliphatic hydroxyl groups is 1. The summed E-state index contributed by atoms with van der Waals surface area (Å²) in [6.45, 7) is 6.41. The molecule has 0 radical (unpaired) electrons. The second-order valence-corrected chi connectivity index (χ2v) is 4.99. The van der Waals surface area contributed by atoms with Gasteiger partial charge >= 0.3 is 0 Å². The number of benzene rings is 1. The van der Waals surface area contributed by atoms with Gasteiger partial charge in [-0.25, -0.2) is 0 Å². The van der Waals surface area contributed by atoms with Crippen molar-refractivity contribution in [2.75, 3.05) is 13.1 Å². The first-order valence-corrected chi connectivity index (χ1v) is 6.05. The van der Waals surface area contributed by atoms with Crippen LogP contribution >= 0.6 is 0 Å². The summed E-state index contributed by atoms with van der Waals surface area (Å²) >= 11 is 0. The molecule has 0 spiro atoms. The lowest BCUT2D eigenvalue weighted by Gasteiger charge is -2.48. The quantitative estimate of drug-likeness (QED) is 0.709. The van der Waals surface area contributed by atoms with Crippen LogP contribution in [0.3, 0.4) is 0 Å². The Morgan fingerprint density at radius 2 is 1.81 bits per heavy atom. The molecule has 3 fully saturated rings. The molecule has 0 aromatic heterocycles. The lowest BCUT2D eigenvalue weighted by Crippen LogP contribution is -3.15. The maximum Gasteiger partial charge on any atom is 0.166 e. The van der Waals surface area contributed by atoms with Gasteiger partial charge in [-0.05, 0) is 12.1 Å². The van der Waals surface area contributed by atoms with E-state index in [2.05, 4.69) is 6.58 Å². The van der Waals surface area contributed by atoms with Crippen LogP contribution in [0.5, 0.6) is 0 Å². The van der Waals surface area contributed by atoms with Gasteiger partial charge in [0.1, 0.15) is 5.70 Å². The van der Waals surface area contributed by atoms with E-state index < -0.39 is 5.60 Å². The topological polar surface area (TPSA) is 24.7 Å². The minimum atomic E-state index is -0.785. The van der Waals surface area contributed by atoms with Gasteiger partial charge in [0.05, 0.1) is 13.1 Å². The van der Waals surface area contributed by atoms with Crippen LogP contribution in [0.4, 0.5) is 0 Å². The molecule has 2 nitrogen and oxygen atoms in total. The van der Waals surface area contributed by atoms with Crippen molar-refractivity contribution in [1.29, 1.82) is 0 Å². The maximum atomic E-state index is 11.0. The average Bonchev–Trinajstić information content (AvgIpc) is 2.37. The molecule has 3 saturated heterocycles. The van der Waals surface area contributed by atoms with E-state index >= 15 is 0 Å². The number of quaternary nitrogens is 1. The number of fused-ring (bicyclic) bond motifs is 3. The fourth-order valence-corrected chi connectivity index (χ4v) is 3.30. The van der Waals surface area contributed by atoms with Crippen molar-refractivity contribution in [2.24, 2.45) is 5.92 Å². The number of hydrogen-bond acceptors (Lipinski definition) is 1. The summed E-state index contributed by atoms with van der Waals surface area (Å²) in [5, 5.41) is 11.0. The standard InChI is InChI=1S/C14H17NO/c1-11-14(16,12-5-3-2-4-6-12)13-7-9-15(11)10-8-13/h2-6,13,16H,1,7-10H2/p+1/t14-/m1/s1. The van der Waals surface area contributed by atoms with Gasteiger partial charge in [0, 0.05) is 18.8 Å². The Balaban J connectivity index is 2.07. The molecule has 0 amide bonds. The van der Waals surface area contributed by atoms with Crippen LogP contribution in [0.2, 0.25) is 0 Å². The average molecular weight is 216 g/mol. The van der Waals surface area contributed by atoms with Gasteiger partial charge in [0.2, 0.25) is 0 Å². The highest BCUT2D eigenvalue weighted by Crippen LogP contribution is 2.41. The van der Waals surface area contributed by atoms with Crippen LogP contribution in [-0.2, 0) is 5.60 Å². The molecule has 2 bridgehead atoms.